The van der Waals surface area contributed by atoms with Crippen LogP contribution in [0.5, 0.6) is 5.75 Å². The summed E-state index contributed by atoms with van der Waals surface area (Å²) in [5, 5.41) is 0. The minimum absolute atomic E-state index is 0.0997. The van der Waals surface area contributed by atoms with E-state index in [1.54, 1.807) is 29.2 Å². The number of nitrogens with zero attached hydrogens (tertiary/aromatic N) is 4. The molecule has 2 heterocycles. The molecule has 0 bridgehead atoms. The van der Waals surface area contributed by atoms with Gasteiger partial charge in [-0.1, -0.05) is 24.3 Å². The SMILES string of the molecule is COc1ccccc1C(=O)N1CCN(c2nc(-c3cccc(C(F)(F)F)c3)nc(C)c2C)CC1. The van der Waals surface area contributed by atoms with E-state index in [0.717, 1.165) is 17.7 Å². The summed E-state index contributed by atoms with van der Waals surface area (Å²) in [4.78, 5) is 25.9. The third kappa shape index (κ3) is 4.69. The molecular formula is C25H25F3N4O2. The van der Waals surface area contributed by atoms with E-state index in [2.05, 4.69) is 9.97 Å². The van der Waals surface area contributed by atoms with Crippen LogP contribution in [0, 0.1) is 13.8 Å². The molecule has 0 atom stereocenters. The van der Waals surface area contributed by atoms with Crippen molar-refractivity contribution in [2.24, 2.45) is 0 Å². The minimum Gasteiger partial charge on any atom is -0.496 e. The molecule has 1 fully saturated rings. The monoisotopic (exact) mass is 470 g/mol. The van der Waals surface area contributed by atoms with Crippen molar-refractivity contribution in [3.05, 3.63) is 70.9 Å². The molecule has 0 N–H and O–H groups in total. The number of benzene rings is 2. The van der Waals surface area contributed by atoms with Gasteiger partial charge < -0.3 is 14.5 Å². The largest absolute Gasteiger partial charge is 0.496 e. The molecule has 6 nitrogen and oxygen atoms in total. The van der Waals surface area contributed by atoms with Gasteiger partial charge in [0, 0.05) is 43.0 Å². The maximum Gasteiger partial charge on any atom is 0.416 e. The van der Waals surface area contributed by atoms with Gasteiger partial charge in [0.05, 0.1) is 18.2 Å². The number of alkyl halides is 3. The standard InChI is InChI=1S/C25H25F3N4O2/c1-16-17(2)29-22(18-7-6-8-19(15-18)25(26,27)28)30-23(16)31-11-13-32(14-12-31)24(33)20-9-4-5-10-21(20)34-3/h4-10,15H,11-14H2,1-3H3. The highest BCUT2D eigenvalue weighted by atomic mass is 19.4. The van der Waals surface area contributed by atoms with Gasteiger partial charge in [-0.15, -0.1) is 0 Å². The highest BCUT2D eigenvalue weighted by Crippen LogP contribution is 2.32. The van der Waals surface area contributed by atoms with Gasteiger partial charge in [0.2, 0.25) is 0 Å². The Morgan fingerprint density at radius 3 is 2.35 bits per heavy atom. The van der Waals surface area contributed by atoms with Crippen LogP contribution in [0.1, 0.15) is 27.2 Å². The number of para-hydroxylation sites is 1. The first-order chi connectivity index (χ1) is 16.2. The van der Waals surface area contributed by atoms with E-state index in [4.69, 9.17) is 4.74 Å². The summed E-state index contributed by atoms with van der Waals surface area (Å²) in [5.41, 5.74) is 1.64. The number of methoxy groups -OCH3 is 1. The second kappa shape index (κ2) is 9.32. The van der Waals surface area contributed by atoms with Crippen LogP contribution in [-0.2, 0) is 6.18 Å². The topological polar surface area (TPSA) is 58.6 Å². The van der Waals surface area contributed by atoms with Crippen LogP contribution in [0.4, 0.5) is 19.0 Å². The van der Waals surface area contributed by atoms with Gasteiger partial charge in [0.1, 0.15) is 11.6 Å². The Hall–Kier alpha value is -3.62. The third-order valence-electron chi connectivity index (χ3n) is 6.02. The van der Waals surface area contributed by atoms with Crippen molar-refractivity contribution in [2.75, 3.05) is 38.2 Å². The molecule has 2 aromatic carbocycles. The lowest BCUT2D eigenvalue weighted by Crippen LogP contribution is -2.49. The number of piperazine rings is 1. The van der Waals surface area contributed by atoms with Gasteiger partial charge in [-0.3, -0.25) is 4.79 Å². The minimum atomic E-state index is -4.44. The Morgan fingerprint density at radius 1 is 0.971 bits per heavy atom. The van der Waals surface area contributed by atoms with E-state index in [1.807, 2.05) is 24.8 Å². The molecule has 3 aromatic rings. The quantitative estimate of drug-likeness (QED) is 0.551. The predicted molar refractivity (Wildman–Crippen MR) is 123 cm³/mol. The maximum atomic E-state index is 13.2. The van der Waals surface area contributed by atoms with Crippen molar-refractivity contribution in [3.8, 4) is 17.1 Å². The molecule has 4 rings (SSSR count). The zero-order valence-electron chi connectivity index (χ0n) is 19.2. The lowest BCUT2D eigenvalue weighted by atomic mass is 10.1. The lowest BCUT2D eigenvalue weighted by Gasteiger charge is -2.36. The van der Waals surface area contributed by atoms with Gasteiger partial charge >= 0.3 is 6.18 Å². The van der Waals surface area contributed by atoms with Crippen molar-refractivity contribution < 1.29 is 22.7 Å². The average molecular weight is 470 g/mol. The van der Waals surface area contributed by atoms with Crippen LogP contribution in [0.3, 0.4) is 0 Å². The molecule has 9 heteroatoms. The number of amides is 1. The van der Waals surface area contributed by atoms with Crippen LogP contribution in [0.25, 0.3) is 11.4 Å². The fourth-order valence-corrected chi connectivity index (χ4v) is 4.00. The summed E-state index contributed by atoms with van der Waals surface area (Å²) in [5.74, 6) is 1.35. The number of aromatic nitrogens is 2. The van der Waals surface area contributed by atoms with Crippen molar-refractivity contribution in [1.29, 1.82) is 0 Å². The molecular weight excluding hydrogens is 445 g/mol. The summed E-state index contributed by atoms with van der Waals surface area (Å²) in [6.07, 6.45) is -4.44. The number of anilines is 1. The Labute approximate surface area is 196 Å². The van der Waals surface area contributed by atoms with E-state index < -0.39 is 11.7 Å². The number of hydrogen-bond donors (Lipinski definition) is 0. The zero-order valence-corrected chi connectivity index (χ0v) is 19.2. The Bertz CT molecular complexity index is 1210. The lowest BCUT2D eigenvalue weighted by molar-refractivity contribution is -0.137. The summed E-state index contributed by atoms with van der Waals surface area (Å²) >= 11 is 0. The number of aryl methyl sites for hydroxylation is 1. The number of halogens is 3. The second-order valence-electron chi connectivity index (χ2n) is 8.14. The van der Waals surface area contributed by atoms with E-state index in [0.29, 0.717) is 54.6 Å². The van der Waals surface area contributed by atoms with E-state index in [-0.39, 0.29) is 11.7 Å². The van der Waals surface area contributed by atoms with Crippen molar-refractivity contribution >= 4 is 11.7 Å². The highest BCUT2D eigenvalue weighted by Gasteiger charge is 2.31. The van der Waals surface area contributed by atoms with Crippen molar-refractivity contribution in [3.63, 3.8) is 0 Å². The molecule has 1 aromatic heterocycles. The molecule has 1 saturated heterocycles. The van der Waals surface area contributed by atoms with Gasteiger partial charge in [0.25, 0.3) is 5.91 Å². The number of ether oxygens (including phenoxy) is 1. The molecule has 1 amide bonds. The normalized spacial score (nSPS) is 14.3. The fourth-order valence-electron chi connectivity index (χ4n) is 4.00. The molecule has 0 radical (unpaired) electrons. The van der Waals surface area contributed by atoms with Crippen LogP contribution < -0.4 is 9.64 Å². The predicted octanol–water partition coefficient (Wildman–Crippen LogP) is 4.75. The summed E-state index contributed by atoms with van der Waals surface area (Å²) in [6, 6.07) is 12.1. The van der Waals surface area contributed by atoms with Crippen LogP contribution in [0.2, 0.25) is 0 Å². The summed E-state index contributed by atoms with van der Waals surface area (Å²) < 4.78 is 44.9. The molecule has 0 unspecified atom stereocenters. The van der Waals surface area contributed by atoms with Gasteiger partial charge in [-0.25, -0.2) is 9.97 Å². The van der Waals surface area contributed by atoms with Crippen LogP contribution in [-0.4, -0.2) is 54.1 Å². The van der Waals surface area contributed by atoms with Gasteiger partial charge in [-0.2, -0.15) is 13.2 Å². The fraction of sp³-hybridized carbons (Fsp3) is 0.320. The van der Waals surface area contributed by atoms with Crippen molar-refractivity contribution in [2.45, 2.75) is 20.0 Å². The third-order valence-corrected chi connectivity index (χ3v) is 6.02. The molecule has 1 aliphatic heterocycles. The Kier molecular flexibility index (Phi) is 6.45. The number of hydrogen-bond acceptors (Lipinski definition) is 5. The van der Waals surface area contributed by atoms with E-state index in [1.165, 1.54) is 13.2 Å². The summed E-state index contributed by atoms with van der Waals surface area (Å²) in [7, 11) is 1.53. The van der Waals surface area contributed by atoms with Crippen molar-refractivity contribution in [1.82, 2.24) is 14.9 Å². The highest BCUT2D eigenvalue weighted by molar-refractivity contribution is 5.97. The summed E-state index contributed by atoms with van der Waals surface area (Å²) in [6.45, 7) is 5.77. The van der Waals surface area contributed by atoms with Gasteiger partial charge in [-0.05, 0) is 38.1 Å². The molecule has 0 aliphatic carbocycles. The first-order valence-electron chi connectivity index (χ1n) is 10.9. The first kappa shape index (κ1) is 23.5. The van der Waals surface area contributed by atoms with E-state index >= 15 is 0 Å². The molecule has 0 spiro atoms. The van der Waals surface area contributed by atoms with Gasteiger partial charge in [0.15, 0.2) is 5.82 Å². The average Bonchev–Trinajstić information content (AvgIpc) is 2.85. The van der Waals surface area contributed by atoms with Crippen LogP contribution >= 0.6 is 0 Å². The maximum absolute atomic E-state index is 13.2. The number of carbonyl (C=O) groups is 1. The molecule has 0 saturated carbocycles. The second-order valence-corrected chi connectivity index (χ2v) is 8.14. The van der Waals surface area contributed by atoms with Crippen LogP contribution in [0.15, 0.2) is 48.5 Å². The molecule has 1 aliphatic rings. The van der Waals surface area contributed by atoms with E-state index in [9.17, 15) is 18.0 Å². The molecule has 34 heavy (non-hydrogen) atoms. The Balaban J connectivity index is 1.56. The number of carbonyl (C=O) groups excluding carboxylic acids is 1. The Morgan fingerprint density at radius 2 is 1.68 bits per heavy atom. The zero-order chi connectivity index (χ0) is 24.5. The molecule has 178 valence electrons. The number of rotatable bonds is 4. The first-order valence-corrected chi connectivity index (χ1v) is 10.9. The smallest absolute Gasteiger partial charge is 0.416 e.